The first-order valence-electron chi connectivity index (χ1n) is 47.6. The summed E-state index contributed by atoms with van der Waals surface area (Å²) in [5, 5.41) is 27.1. The highest BCUT2D eigenvalue weighted by molar-refractivity contribution is 6.39. The summed E-state index contributed by atoms with van der Waals surface area (Å²) in [5.41, 5.74) is 25.5. The van der Waals surface area contributed by atoms with Crippen LogP contribution in [0, 0.1) is 0 Å². The van der Waals surface area contributed by atoms with Gasteiger partial charge in [0.15, 0.2) is 16.7 Å². The smallest absolute Gasteiger partial charge is 0.235 e. The van der Waals surface area contributed by atoms with Gasteiger partial charge in [0.1, 0.15) is 39.1 Å². The summed E-state index contributed by atoms with van der Waals surface area (Å²) in [4.78, 5) is 47.0. The van der Waals surface area contributed by atoms with Gasteiger partial charge in [-0.15, -0.1) is 0 Å². The van der Waals surface area contributed by atoms with Gasteiger partial charge >= 0.3 is 0 Å². The van der Waals surface area contributed by atoms with E-state index in [0.717, 1.165) is 280 Å². The number of rotatable bonds is 7. The van der Waals surface area contributed by atoms with Gasteiger partial charge in [-0.1, -0.05) is 340 Å². The Morgan fingerprint density at radius 1 is 0.183 bits per heavy atom. The first-order chi connectivity index (χ1) is 70.5. The van der Waals surface area contributed by atoms with E-state index in [1.165, 1.54) is 10.8 Å². The minimum Gasteiger partial charge on any atom is -0.454 e. The minimum atomic E-state index is 0.614. The monoisotopic (exact) mass is 1810 g/mol. The van der Waals surface area contributed by atoms with E-state index in [9.17, 15) is 0 Å². The first kappa shape index (κ1) is 78.8. The van der Waals surface area contributed by atoms with Gasteiger partial charge in [-0.3, -0.25) is 33.6 Å². The average molecular weight is 1810 g/mol. The van der Waals surface area contributed by atoms with Crippen LogP contribution in [0.2, 0.25) is 0 Å². The van der Waals surface area contributed by atoms with E-state index < -0.39 is 0 Å². The maximum Gasteiger partial charge on any atom is 0.235 e. The van der Waals surface area contributed by atoms with Gasteiger partial charge in [-0.2, -0.15) is 0 Å². The summed E-state index contributed by atoms with van der Waals surface area (Å²) in [7, 11) is 0. The van der Waals surface area contributed by atoms with Gasteiger partial charge in [0, 0.05) is 133 Å². The van der Waals surface area contributed by atoms with E-state index in [0.29, 0.717) is 11.9 Å². The Labute approximate surface area is 806 Å². The number of aromatic nitrogens is 12. The van der Waals surface area contributed by atoms with Crippen molar-refractivity contribution in [2.45, 2.75) is 0 Å². The van der Waals surface area contributed by atoms with Crippen molar-refractivity contribution in [3.63, 3.8) is 0 Å². The third kappa shape index (κ3) is 11.6. The van der Waals surface area contributed by atoms with Crippen LogP contribution in [-0.2, 0) is 0 Å². The Bertz CT molecular complexity index is 11000. The lowest BCUT2D eigenvalue weighted by molar-refractivity contribution is 0.671. The molecule has 15 nitrogen and oxygen atoms in total. The van der Waals surface area contributed by atoms with Gasteiger partial charge in [-0.05, 0) is 117 Å². The van der Waals surface area contributed by atoms with Crippen molar-refractivity contribution in [1.82, 2.24) is 58.6 Å². The maximum absolute atomic E-state index is 6.63. The third-order valence-electron chi connectivity index (χ3n) is 28.7. The van der Waals surface area contributed by atoms with Crippen molar-refractivity contribution >= 4 is 240 Å². The van der Waals surface area contributed by atoms with Gasteiger partial charge in [-0.25, -0.2) is 24.9 Å². The molecule has 0 amide bonds. The summed E-state index contributed by atoms with van der Waals surface area (Å²) in [5.74, 6) is 2.05. The van der Waals surface area contributed by atoms with Gasteiger partial charge < -0.3 is 13.3 Å². The highest BCUT2D eigenvalue weighted by Crippen LogP contribution is 2.52. The second-order valence-corrected chi connectivity index (χ2v) is 36.3. The third-order valence-corrected chi connectivity index (χ3v) is 28.7. The van der Waals surface area contributed by atoms with E-state index in [1.54, 1.807) is 0 Å². The molecule has 142 heavy (non-hydrogen) atoms. The molecule has 0 fully saturated rings. The Kier molecular flexibility index (Phi) is 17.2. The molecule has 0 spiro atoms. The summed E-state index contributed by atoms with van der Waals surface area (Å²) in [6.45, 7) is 0. The number of benzene rings is 19. The van der Waals surface area contributed by atoms with E-state index in [4.69, 9.17) is 58.1 Å². The highest BCUT2D eigenvalue weighted by Gasteiger charge is 2.32. The maximum atomic E-state index is 6.63. The summed E-state index contributed by atoms with van der Waals surface area (Å²) < 4.78 is 26.6. The van der Waals surface area contributed by atoms with Crippen molar-refractivity contribution < 1.29 is 13.3 Å². The minimum absolute atomic E-state index is 0.614. The van der Waals surface area contributed by atoms with E-state index in [-0.39, 0.29) is 0 Å². The summed E-state index contributed by atoms with van der Waals surface area (Å²) in [6, 6.07) is 143. The number of pyridine rings is 5. The normalized spacial score (nSPS) is 12.1. The topological polar surface area (TPSA) is 170 Å². The molecule has 32 aromatic rings. The van der Waals surface area contributed by atoms with Crippen molar-refractivity contribution in [3.8, 4) is 62.5 Å². The predicted octanol–water partition coefficient (Wildman–Crippen LogP) is 32.8. The standard InChI is InChI=1S/C45H26N4O.C43H24N4O.C39H22N4O/c1-3-12-27(13-4-1)29-23-25-47-41-30(29)21-22-31-35(28-14-5-2-6-15-28)26-38(48-42(31)41)49-36-19-9-7-16-32(36)39-34-18-11-24-46-43(34)45-40(44(39)49)33-17-8-10-20-37(33)50-45;1-2-13-25(14-3-1)38-36-28-17-6-4-15-26(28)27-16-5-7-18-29(27)39(36)46-43(45-38)47-33-22-10-8-19-30(33)35-32-21-12-24-44-40(32)42-37(41(35)47)31-20-9-11-23-34(31)48-42;1-2-12-24(13-3-1)34-29-21-20-23-11-4-5-14-25(23)35(29)42-39(41-34)43-30-18-8-6-15-26(30)32-28-17-10-22-40-36(28)38-33(37(32)43)27-16-7-9-19-31(27)44-38/h1-26H;1-24H;1-22H. The van der Waals surface area contributed by atoms with Crippen LogP contribution in [0.15, 0.2) is 451 Å². The first-order valence-corrected chi connectivity index (χ1v) is 47.6. The zero-order valence-electron chi connectivity index (χ0n) is 75.7. The van der Waals surface area contributed by atoms with Crippen LogP contribution in [0.25, 0.3) is 302 Å². The van der Waals surface area contributed by atoms with Crippen molar-refractivity contribution in [3.05, 3.63) is 437 Å². The number of fused-ring (bicyclic) bond motifs is 42. The zero-order valence-corrected chi connectivity index (χ0v) is 75.7. The Balaban J connectivity index is 0.0000000998. The van der Waals surface area contributed by atoms with Crippen molar-refractivity contribution in [2.75, 3.05) is 0 Å². The second-order valence-electron chi connectivity index (χ2n) is 36.3. The predicted molar refractivity (Wildman–Crippen MR) is 581 cm³/mol. The SMILES string of the molecule is c1ccc(-c2ccnc3c2ccc2c(-c4ccccc4)cc(-n4c5ccccc5c5c6cccnc6c6oc7ccccc7c6c54)nc23)cc1.c1ccc(-c2nc(-n3c4ccccc4c4c5cccnc5c5oc6ccccc6c5c43)nc3c2ccc2ccccc23)cc1.c1ccc(-c2nc(-n3c4ccccc4c4c5cccnc5c5oc6ccccc6c5c43)nc3c4ccccc4c4ccccc4c23)cc1. The second kappa shape index (κ2) is 31.0. The van der Waals surface area contributed by atoms with Crippen molar-refractivity contribution in [1.29, 1.82) is 0 Å². The molecule has 13 heterocycles. The van der Waals surface area contributed by atoms with Gasteiger partial charge in [0.2, 0.25) is 11.9 Å². The lowest BCUT2D eigenvalue weighted by Gasteiger charge is -2.16. The Morgan fingerprint density at radius 3 is 1.05 bits per heavy atom. The fourth-order valence-corrected chi connectivity index (χ4v) is 22.8. The quantitative estimate of drug-likeness (QED) is 0.139. The molecule has 15 heteroatoms. The molecule has 32 rings (SSSR count). The molecule has 0 saturated carbocycles. The van der Waals surface area contributed by atoms with Crippen LogP contribution in [0.5, 0.6) is 0 Å². The Hall–Kier alpha value is -19.5. The van der Waals surface area contributed by atoms with E-state index in [1.807, 2.05) is 97.6 Å². The molecule has 0 aliphatic heterocycles. The van der Waals surface area contributed by atoms with E-state index >= 15 is 0 Å². The fraction of sp³-hybridized carbons (Fsp3) is 0. The lowest BCUT2D eigenvalue weighted by Crippen LogP contribution is -2.04. The molecule has 0 radical (unpaired) electrons. The number of nitrogens with zero attached hydrogens (tertiary/aromatic N) is 12. The van der Waals surface area contributed by atoms with Crippen LogP contribution in [0.3, 0.4) is 0 Å². The molecule has 13 aromatic heterocycles. The van der Waals surface area contributed by atoms with Gasteiger partial charge in [0.05, 0.1) is 82.7 Å². The molecule has 0 atom stereocenters. The largest absolute Gasteiger partial charge is 0.454 e. The van der Waals surface area contributed by atoms with Crippen LogP contribution in [-0.4, -0.2) is 58.6 Å². The molecule has 0 aliphatic carbocycles. The molecule has 658 valence electrons. The molecule has 19 aromatic carbocycles. The average Bonchev–Trinajstić information content (AvgIpc) is 1.55. The van der Waals surface area contributed by atoms with Crippen molar-refractivity contribution in [2.24, 2.45) is 0 Å². The molecule has 0 aliphatic rings. The number of para-hydroxylation sites is 6. The van der Waals surface area contributed by atoms with Crippen LogP contribution < -0.4 is 0 Å². The Morgan fingerprint density at radius 2 is 0.542 bits per heavy atom. The molecule has 0 unspecified atom stereocenters. The summed E-state index contributed by atoms with van der Waals surface area (Å²) >= 11 is 0. The molecular weight excluding hydrogens is 1740 g/mol. The number of hydrogen-bond acceptors (Lipinski definition) is 12. The lowest BCUT2D eigenvalue weighted by atomic mass is 9.94. The molecule has 0 bridgehead atoms. The zero-order chi connectivity index (χ0) is 92.9. The van der Waals surface area contributed by atoms with Crippen LogP contribution in [0.4, 0.5) is 0 Å². The number of hydrogen-bond donors (Lipinski definition) is 0. The van der Waals surface area contributed by atoms with E-state index in [2.05, 4.69) is 353 Å². The highest BCUT2D eigenvalue weighted by atomic mass is 16.3. The molecule has 0 N–H and O–H groups in total. The fourth-order valence-electron chi connectivity index (χ4n) is 22.8. The number of furan rings is 3. The molecular formula is C127H72N12O3. The van der Waals surface area contributed by atoms with Crippen LogP contribution in [0.1, 0.15) is 0 Å². The van der Waals surface area contributed by atoms with Crippen LogP contribution >= 0.6 is 0 Å². The van der Waals surface area contributed by atoms with Gasteiger partial charge in [0.25, 0.3) is 0 Å². The molecule has 0 saturated heterocycles. The summed E-state index contributed by atoms with van der Waals surface area (Å²) in [6.07, 6.45) is 7.43.